The second-order valence-corrected chi connectivity index (χ2v) is 10.3. The van der Waals surface area contributed by atoms with Gasteiger partial charge >= 0.3 is 0 Å². The maximum absolute atomic E-state index is 13.2. The van der Waals surface area contributed by atoms with E-state index >= 15 is 0 Å². The van der Waals surface area contributed by atoms with Gasteiger partial charge < -0.3 is 19.5 Å². The molecule has 6 nitrogen and oxygen atoms in total. The number of benzene rings is 1. The molecule has 0 aliphatic heterocycles. The van der Waals surface area contributed by atoms with Gasteiger partial charge in [-0.15, -0.1) is 11.3 Å². The standard InChI is InChI=1S/C26H34N2O4S/c1-7-30-20-12-16(13-21(31-8-2)23(20)32-9-3)24(29)28-25-19(15-27)18-11-10-17(26(4,5)6)14-22(18)33-25/h12-13,17H,7-11,14H2,1-6H3,(H,28,29)/t17-/m0/s1. The van der Waals surface area contributed by atoms with Crippen molar-refractivity contribution in [3.63, 3.8) is 0 Å². The zero-order chi connectivity index (χ0) is 24.2. The maximum atomic E-state index is 13.2. The van der Waals surface area contributed by atoms with Crippen molar-refractivity contribution < 1.29 is 19.0 Å². The normalized spacial score (nSPS) is 15.4. The molecule has 33 heavy (non-hydrogen) atoms. The molecule has 2 aromatic rings. The van der Waals surface area contributed by atoms with E-state index in [1.54, 1.807) is 12.1 Å². The summed E-state index contributed by atoms with van der Waals surface area (Å²) in [6.45, 7) is 13.8. The molecule has 0 unspecified atom stereocenters. The minimum atomic E-state index is -0.303. The van der Waals surface area contributed by atoms with Gasteiger partial charge in [-0.1, -0.05) is 20.8 Å². The molecule has 1 heterocycles. The molecule has 0 saturated carbocycles. The van der Waals surface area contributed by atoms with Crippen LogP contribution in [-0.2, 0) is 12.8 Å². The number of fused-ring (bicyclic) bond motifs is 1. The van der Waals surface area contributed by atoms with Crippen LogP contribution in [0.4, 0.5) is 5.00 Å². The molecule has 0 spiro atoms. The molecule has 0 fully saturated rings. The molecule has 0 bridgehead atoms. The third-order valence-electron chi connectivity index (χ3n) is 6.00. The Hall–Kier alpha value is -2.72. The van der Waals surface area contributed by atoms with Crippen molar-refractivity contribution in [2.75, 3.05) is 25.1 Å². The third-order valence-corrected chi connectivity index (χ3v) is 7.17. The Bertz CT molecular complexity index is 1020. The zero-order valence-corrected chi connectivity index (χ0v) is 21.3. The van der Waals surface area contributed by atoms with Crippen LogP contribution in [0.25, 0.3) is 0 Å². The largest absolute Gasteiger partial charge is 0.490 e. The van der Waals surface area contributed by atoms with Crippen molar-refractivity contribution in [2.45, 2.75) is 60.8 Å². The Kier molecular flexibility index (Phi) is 7.91. The van der Waals surface area contributed by atoms with Gasteiger partial charge in [0.1, 0.15) is 11.1 Å². The second kappa shape index (κ2) is 10.5. The van der Waals surface area contributed by atoms with Crippen molar-refractivity contribution in [2.24, 2.45) is 11.3 Å². The Morgan fingerprint density at radius 1 is 1.12 bits per heavy atom. The molecule has 1 aromatic carbocycles. The van der Waals surface area contributed by atoms with E-state index in [0.29, 0.717) is 59.1 Å². The number of nitrogens with zero attached hydrogens (tertiary/aromatic N) is 1. The molecule has 1 amide bonds. The molecule has 0 saturated heterocycles. The van der Waals surface area contributed by atoms with E-state index in [4.69, 9.17) is 14.2 Å². The SMILES string of the molecule is CCOc1cc(C(=O)Nc2sc3c(c2C#N)CC[C@H](C(C)(C)C)C3)cc(OCC)c1OCC. The van der Waals surface area contributed by atoms with Gasteiger partial charge in [0.05, 0.1) is 25.4 Å². The lowest BCUT2D eigenvalue weighted by atomic mass is 9.72. The number of ether oxygens (including phenoxy) is 3. The van der Waals surface area contributed by atoms with Gasteiger partial charge in [-0.25, -0.2) is 0 Å². The van der Waals surface area contributed by atoms with Crippen LogP contribution >= 0.6 is 11.3 Å². The first-order chi connectivity index (χ1) is 15.7. The smallest absolute Gasteiger partial charge is 0.256 e. The molecule has 0 radical (unpaired) electrons. The molecule has 3 rings (SSSR count). The van der Waals surface area contributed by atoms with Crippen LogP contribution in [0, 0.1) is 22.7 Å². The molecule has 1 aromatic heterocycles. The van der Waals surface area contributed by atoms with E-state index in [1.807, 2.05) is 20.8 Å². The minimum absolute atomic E-state index is 0.214. The molecular formula is C26H34N2O4S. The van der Waals surface area contributed by atoms with Crippen molar-refractivity contribution in [3.05, 3.63) is 33.7 Å². The number of nitriles is 1. The number of carbonyl (C=O) groups excluding carboxylic acids is 1. The fourth-order valence-corrected chi connectivity index (χ4v) is 5.50. The van der Waals surface area contributed by atoms with Crippen LogP contribution in [0.15, 0.2) is 12.1 Å². The number of anilines is 1. The number of thiophene rings is 1. The quantitative estimate of drug-likeness (QED) is 0.495. The predicted molar refractivity (Wildman–Crippen MR) is 132 cm³/mol. The van der Waals surface area contributed by atoms with Gasteiger partial charge in [0.2, 0.25) is 5.75 Å². The fourth-order valence-electron chi connectivity index (χ4n) is 4.23. The fraction of sp³-hybridized carbons (Fsp3) is 0.538. The molecule has 1 aliphatic carbocycles. The molecule has 7 heteroatoms. The monoisotopic (exact) mass is 470 g/mol. The lowest BCUT2D eigenvalue weighted by molar-refractivity contribution is 0.102. The van der Waals surface area contributed by atoms with Crippen molar-refractivity contribution in [1.29, 1.82) is 5.26 Å². The van der Waals surface area contributed by atoms with E-state index in [-0.39, 0.29) is 11.3 Å². The number of hydrogen-bond donors (Lipinski definition) is 1. The average molecular weight is 471 g/mol. The molecule has 1 aliphatic rings. The minimum Gasteiger partial charge on any atom is -0.490 e. The number of rotatable bonds is 8. The molecule has 1 atom stereocenters. The summed E-state index contributed by atoms with van der Waals surface area (Å²) in [6, 6.07) is 5.67. The summed E-state index contributed by atoms with van der Waals surface area (Å²) >= 11 is 1.53. The molecule has 178 valence electrons. The van der Waals surface area contributed by atoms with Gasteiger partial charge in [0, 0.05) is 10.4 Å². The van der Waals surface area contributed by atoms with E-state index in [0.717, 1.165) is 24.8 Å². The van der Waals surface area contributed by atoms with Gasteiger partial charge in [-0.05, 0) is 69.1 Å². The Morgan fingerprint density at radius 3 is 2.24 bits per heavy atom. The first-order valence-electron chi connectivity index (χ1n) is 11.7. The highest BCUT2D eigenvalue weighted by Gasteiger charge is 2.32. The van der Waals surface area contributed by atoms with E-state index in [1.165, 1.54) is 16.2 Å². The van der Waals surface area contributed by atoms with Crippen molar-refractivity contribution in [3.8, 4) is 23.3 Å². The predicted octanol–water partition coefficient (Wildman–Crippen LogP) is 6.22. The van der Waals surface area contributed by atoms with Gasteiger partial charge in [-0.2, -0.15) is 5.26 Å². The van der Waals surface area contributed by atoms with Gasteiger partial charge in [-0.3, -0.25) is 4.79 Å². The number of amides is 1. The highest BCUT2D eigenvalue weighted by atomic mass is 32.1. The summed E-state index contributed by atoms with van der Waals surface area (Å²) in [5, 5.41) is 13.4. The Morgan fingerprint density at radius 2 is 1.73 bits per heavy atom. The average Bonchev–Trinajstić information content (AvgIpc) is 3.11. The van der Waals surface area contributed by atoms with Crippen molar-refractivity contribution in [1.82, 2.24) is 0 Å². The topological polar surface area (TPSA) is 80.6 Å². The van der Waals surface area contributed by atoms with Crippen LogP contribution in [-0.4, -0.2) is 25.7 Å². The van der Waals surface area contributed by atoms with Crippen LogP contribution in [0.2, 0.25) is 0 Å². The Balaban J connectivity index is 1.93. The highest BCUT2D eigenvalue weighted by Crippen LogP contribution is 2.44. The summed E-state index contributed by atoms with van der Waals surface area (Å²) in [6.07, 6.45) is 2.88. The van der Waals surface area contributed by atoms with E-state index in [9.17, 15) is 10.1 Å². The lowest BCUT2D eigenvalue weighted by Gasteiger charge is -2.33. The van der Waals surface area contributed by atoms with E-state index in [2.05, 4.69) is 32.2 Å². The summed E-state index contributed by atoms with van der Waals surface area (Å²) in [5.74, 6) is 1.69. The summed E-state index contributed by atoms with van der Waals surface area (Å²) in [5.41, 5.74) is 2.30. The summed E-state index contributed by atoms with van der Waals surface area (Å²) < 4.78 is 17.2. The molecule has 1 N–H and O–H groups in total. The number of hydrogen-bond acceptors (Lipinski definition) is 6. The Labute approximate surface area is 200 Å². The zero-order valence-electron chi connectivity index (χ0n) is 20.5. The third kappa shape index (κ3) is 5.44. The first kappa shape index (κ1) is 24.9. The van der Waals surface area contributed by atoms with Gasteiger partial charge in [0.25, 0.3) is 5.91 Å². The lowest BCUT2D eigenvalue weighted by Crippen LogP contribution is -2.26. The van der Waals surface area contributed by atoms with Gasteiger partial charge in [0.15, 0.2) is 11.5 Å². The number of carbonyl (C=O) groups is 1. The summed E-state index contributed by atoms with van der Waals surface area (Å²) in [7, 11) is 0. The van der Waals surface area contributed by atoms with Crippen LogP contribution < -0.4 is 19.5 Å². The second-order valence-electron chi connectivity index (χ2n) is 9.18. The summed E-state index contributed by atoms with van der Waals surface area (Å²) in [4.78, 5) is 14.4. The first-order valence-corrected chi connectivity index (χ1v) is 12.5. The van der Waals surface area contributed by atoms with Crippen molar-refractivity contribution >= 4 is 22.2 Å². The number of nitrogens with one attached hydrogen (secondary N) is 1. The van der Waals surface area contributed by atoms with Crippen LogP contribution in [0.5, 0.6) is 17.2 Å². The van der Waals surface area contributed by atoms with Crippen LogP contribution in [0.1, 0.15) is 74.3 Å². The van der Waals surface area contributed by atoms with Crippen LogP contribution in [0.3, 0.4) is 0 Å². The van der Waals surface area contributed by atoms with E-state index < -0.39 is 0 Å². The maximum Gasteiger partial charge on any atom is 0.256 e. The molecular weight excluding hydrogens is 436 g/mol. The highest BCUT2D eigenvalue weighted by molar-refractivity contribution is 7.16.